The summed E-state index contributed by atoms with van der Waals surface area (Å²) in [7, 11) is -1.43. The van der Waals surface area contributed by atoms with Crippen molar-refractivity contribution in [2.45, 2.75) is 155 Å². The minimum atomic E-state index is -2.29. The first-order chi connectivity index (χ1) is 29.2. The summed E-state index contributed by atoms with van der Waals surface area (Å²) in [6.45, 7) is 27.7. The molecule has 0 amide bonds. The number of rotatable bonds is 25. The maximum absolute atomic E-state index is 12.9. The lowest BCUT2D eigenvalue weighted by atomic mass is 9.92. The van der Waals surface area contributed by atoms with Crippen molar-refractivity contribution in [3.05, 3.63) is 113 Å². The van der Waals surface area contributed by atoms with Crippen molar-refractivity contribution in [2.24, 2.45) is 5.92 Å². The van der Waals surface area contributed by atoms with Crippen LogP contribution in [0.2, 0.25) is 36.3 Å². The highest BCUT2D eigenvalue weighted by Gasteiger charge is 2.43. The van der Waals surface area contributed by atoms with E-state index in [1.54, 1.807) is 7.11 Å². The van der Waals surface area contributed by atoms with Crippen LogP contribution in [0, 0.1) is 17.8 Å². The molecule has 10 heteroatoms. The summed E-state index contributed by atoms with van der Waals surface area (Å²) in [6.07, 6.45) is 4.29. The third-order valence-corrected chi connectivity index (χ3v) is 21.3. The van der Waals surface area contributed by atoms with Gasteiger partial charge in [-0.3, -0.25) is 0 Å². The number of benzene rings is 3. The fraction of sp³-hybridized carbons (Fsp3) is 0.558. The van der Waals surface area contributed by atoms with Gasteiger partial charge in [0, 0.05) is 31.1 Å². The third kappa shape index (κ3) is 19.1. The summed E-state index contributed by atoms with van der Waals surface area (Å²) in [5.74, 6) is 7.33. The van der Waals surface area contributed by atoms with Crippen molar-refractivity contribution >= 4 is 22.6 Å². The van der Waals surface area contributed by atoms with Gasteiger partial charge in [-0.1, -0.05) is 133 Å². The minimum absolute atomic E-state index is 0.0256. The summed E-state index contributed by atoms with van der Waals surface area (Å²) in [4.78, 5) is 12.9. The standard InChI is InChI=1S/C52H78O8Si2/c1-41(22-21-33-56-37-42-23-16-14-17-24-42)49(60-62(12,13)52(5,6)7)36-48(59-61(10,11)51(2,3)4)34-45(35-50(53)55-9)27-20-28-47(40-57-38-43-25-18-15-19-26-43)58-39-44-29-31-46(54-8)32-30-44/h14-19,23-26,29-32,35,41,47-49H,21-22,28,33-34,36-40H2,1-13H3/b45-35-/t41-,47-,48-,49-/m0/s1. The van der Waals surface area contributed by atoms with E-state index in [1.165, 1.54) is 18.7 Å². The summed E-state index contributed by atoms with van der Waals surface area (Å²) in [5.41, 5.74) is 3.95. The van der Waals surface area contributed by atoms with Gasteiger partial charge in [0.1, 0.15) is 5.75 Å². The van der Waals surface area contributed by atoms with Crippen LogP contribution in [-0.4, -0.2) is 68.3 Å². The Labute approximate surface area is 377 Å². The number of hydrogen-bond acceptors (Lipinski definition) is 8. The Morgan fingerprint density at radius 1 is 0.710 bits per heavy atom. The van der Waals surface area contributed by atoms with Gasteiger partial charge in [-0.05, 0) is 90.3 Å². The smallest absolute Gasteiger partial charge is 0.331 e. The van der Waals surface area contributed by atoms with Crippen LogP contribution >= 0.6 is 0 Å². The fourth-order valence-corrected chi connectivity index (χ4v) is 9.10. The van der Waals surface area contributed by atoms with Crippen LogP contribution in [0.4, 0.5) is 0 Å². The van der Waals surface area contributed by atoms with E-state index in [-0.39, 0.29) is 34.3 Å². The Balaban J connectivity index is 1.90. The molecule has 0 N–H and O–H groups in total. The number of carbonyl (C=O) groups excluding carboxylic acids is 1. The van der Waals surface area contributed by atoms with E-state index < -0.39 is 22.6 Å². The molecule has 0 aliphatic heterocycles. The largest absolute Gasteiger partial charge is 0.497 e. The van der Waals surface area contributed by atoms with Gasteiger partial charge in [0.25, 0.3) is 0 Å². The van der Waals surface area contributed by atoms with Crippen molar-refractivity contribution < 1.29 is 37.3 Å². The van der Waals surface area contributed by atoms with Gasteiger partial charge in [0.05, 0.1) is 59.0 Å². The molecule has 3 rings (SSSR count). The van der Waals surface area contributed by atoms with Crippen molar-refractivity contribution in [2.75, 3.05) is 27.4 Å². The van der Waals surface area contributed by atoms with E-state index in [2.05, 4.69) is 98.6 Å². The highest BCUT2D eigenvalue weighted by molar-refractivity contribution is 6.74. The summed E-state index contributed by atoms with van der Waals surface area (Å²) in [6, 6.07) is 28.2. The normalized spacial score (nSPS) is 14.6. The second-order valence-corrected chi connectivity index (χ2v) is 29.0. The molecule has 0 aliphatic carbocycles. The van der Waals surface area contributed by atoms with Crippen molar-refractivity contribution in [1.29, 1.82) is 0 Å². The molecular formula is C52H78O8Si2. The zero-order chi connectivity index (χ0) is 45.8. The quantitative estimate of drug-likeness (QED) is 0.0274. The lowest BCUT2D eigenvalue weighted by Crippen LogP contribution is -2.48. The SMILES string of the molecule is COC(=O)/C=C(/C#CC[C@@H](COCc1ccccc1)OCc1ccc(OC)cc1)C[C@@H](C[C@H](O[Si](C)(C)C(C)(C)C)[C@@H](C)CCCOCc1ccccc1)O[Si](C)(C)C(C)(C)C. The molecule has 0 unspecified atom stereocenters. The lowest BCUT2D eigenvalue weighted by molar-refractivity contribution is -0.134. The van der Waals surface area contributed by atoms with Gasteiger partial charge in [0.2, 0.25) is 0 Å². The zero-order valence-corrected chi connectivity index (χ0v) is 42.3. The number of carbonyl (C=O) groups is 1. The highest BCUT2D eigenvalue weighted by atomic mass is 28.4. The van der Waals surface area contributed by atoms with Gasteiger partial charge in [0.15, 0.2) is 16.6 Å². The molecule has 0 aromatic heterocycles. The molecular weight excluding hydrogens is 809 g/mol. The zero-order valence-electron chi connectivity index (χ0n) is 40.3. The van der Waals surface area contributed by atoms with Crippen molar-refractivity contribution in [1.82, 2.24) is 0 Å². The van der Waals surface area contributed by atoms with E-state index >= 15 is 0 Å². The van der Waals surface area contributed by atoms with Crippen LogP contribution in [0.5, 0.6) is 5.75 Å². The van der Waals surface area contributed by atoms with E-state index in [0.29, 0.717) is 57.9 Å². The molecule has 0 bridgehead atoms. The molecule has 342 valence electrons. The Hall–Kier alpha value is -3.54. The van der Waals surface area contributed by atoms with Gasteiger partial charge >= 0.3 is 5.97 Å². The Bertz CT molecular complexity index is 1820. The molecule has 0 aliphatic rings. The molecule has 0 spiro atoms. The van der Waals surface area contributed by atoms with E-state index in [0.717, 1.165) is 29.7 Å². The number of ether oxygens (including phenoxy) is 5. The Morgan fingerprint density at radius 3 is 1.81 bits per heavy atom. The van der Waals surface area contributed by atoms with Crippen LogP contribution in [-0.2, 0) is 52.4 Å². The van der Waals surface area contributed by atoms with Crippen molar-refractivity contribution in [3.8, 4) is 17.6 Å². The maximum atomic E-state index is 12.9. The molecule has 3 aromatic carbocycles. The first-order valence-corrected chi connectivity index (χ1v) is 28.2. The van der Waals surface area contributed by atoms with Gasteiger partial charge in [-0.25, -0.2) is 4.79 Å². The number of hydrogen-bond donors (Lipinski definition) is 0. The first-order valence-electron chi connectivity index (χ1n) is 22.3. The second-order valence-electron chi connectivity index (χ2n) is 19.5. The molecule has 0 fully saturated rings. The topological polar surface area (TPSA) is 81.7 Å². The average Bonchev–Trinajstić information content (AvgIpc) is 3.21. The summed E-state index contributed by atoms with van der Waals surface area (Å²) in [5, 5.41) is -0.00733. The Kier molecular flexibility index (Phi) is 21.9. The van der Waals surface area contributed by atoms with Crippen molar-refractivity contribution in [3.63, 3.8) is 0 Å². The van der Waals surface area contributed by atoms with Crippen LogP contribution in [0.3, 0.4) is 0 Å². The monoisotopic (exact) mass is 887 g/mol. The van der Waals surface area contributed by atoms with E-state index in [9.17, 15) is 4.79 Å². The molecule has 3 aromatic rings. The fourth-order valence-electron chi connectivity index (χ4n) is 6.29. The molecule has 0 heterocycles. The van der Waals surface area contributed by atoms with Crippen LogP contribution < -0.4 is 4.74 Å². The molecule has 0 radical (unpaired) electrons. The van der Waals surface area contributed by atoms with E-state index in [4.69, 9.17) is 32.5 Å². The van der Waals surface area contributed by atoms with Gasteiger partial charge in [-0.15, -0.1) is 0 Å². The molecule has 8 nitrogen and oxygen atoms in total. The number of esters is 1. The molecule has 62 heavy (non-hydrogen) atoms. The number of methoxy groups -OCH3 is 2. The Morgan fingerprint density at radius 2 is 1.26 bits per heavy atom. The lowest BCUT2D eigenvalue weighted by Gasteiger charge is -2.44. The predicted molar refractivity (Wildman–Crippen MR) is 258 cm³/mol. The van der Waals surface area contributed by atoms with E-state index in [1.807, 2.05) is 72.8 Å². The third-order valence-electron chi connectivity index (χ3n) is 12.3. The molecule has 0 saturated heterocycles. The highest BCUT2D eigenvalue weighted by Crippen LogP contribution is 2.42. The maximum Gasteiger partial charge on any atom is 0.331 e. The molecule has 4 atom stereocenters. The molecule has 0 saturated carbocycles. The predicted octanol–water partition coefficient (Wildman–Crippen LogP) is 12.5. The summed E-state index contributed by atoms with van der Waals surface area (Å²) >= 11 is 0. The average molecular weight is 887 g/mol. The van der Waals surface area contributed by atoms with Gasteiger partial charge < -0.3 is 32.5 Å². The van der Waals surface area contributed by atoms with Gasteiger partial charge in [-0.2, -0.15) is 0 Å². The second kappa shape index (κ2) is 25.7. The van der Waals surface area contributed by atoms with Crippen LogP contribution in [0.25, 0.3) is 0 Å². The van der Waals surface area contributed by atoms with Crippen LogP contribution in [0.15, 0.2) is 96.6 Å². The van der Waals surface area contributed by atoms with Crippen LogP contribution in [0.1, 0.15) is 97.3 Å². The first kappa shape index (κ1) is 52.8. The summed E-state index contributed by atoms with van der Waals surface area (Å²) < 4.78 is 43.8. The minimum Gasteiger partial charge on any atom is -0.497 e.